The average Bonchev–Trinajstić information content (AvgIpc) is 3.20. The van der Waals surface area contributed by atoms with Gasteiger partial charge in [0.05, 0.1) is 25.4 Å². The van der Waals surface area contributed by atoms with Gasteiger partial charge in [-0.3, -0.25) is 29.0 Å². The highest BCUT2D eigenvalue weighted by molar-refractivity contribution is 5.90. The molecular formula is C44H67N5O9. The second-order valence-corrected chi connectivity index (χ2v) is 15.3. The van der Waals surface area contributed by atoms with Crippen LogP contribution in [0.15, 0.2) is 78.4 Å². The molecule has 8 atom stereocenters. The molecule has 5 N–H and O–H groups in total. The maximum atomic E-state index is 14.0. The quantitative estimate of drug-likeness (QED) is 0.0337. The zero-order valence-corrected chi connectivity index (χ0v) is 35.5. The van der Waals surface area contributed by atoms with Crippen molar-refractivity contribution in [3.63, 3.8) is 0 Å². The third kappa shape index (κ3) is 17.2. The predicted molar refractivity (Wildman–Crippen MR) is 223 cm³/mol. The lowest BCUT2D eigenvalue weighted by molar-refractivity contribution is -0.162. The van der Waals surface area contributed by atoms with Crippen LogP contribution in [0, 0.1) is 17.8 Å². The molecule has 1 aromatic carbocycles. The molecule has 1 fully saturated rings. The Morgan fingerprint density at radius 2 is 1.69 bits per heavy atom. The first-order valence-corrected chi connectivity index (χ1v) is 20.2. The van der Waals surface area contributed by atoms with Gasteiger partial charge in [0.2, 0.25) is 5.91 Å². The number of aliphatic hydroxyl groups is 2. The van der Waals surface area contributed by atoms with Crippen LogP contribution >= 0.6 is 0 Å². The van der Waals surface area contributed by atoms with Gasteiger partial charge < -0.3 is 30.4 Å². The number of aldehydes is 1. The number of hydroxylamine groups is 2. The number of hydrazine groups is 1. The fourth-order valence-corrected chi connectivity index (χ4v) is 6.48. The summed E-state index contributed by atoms with van der Waals surface area (Å²) in [6.45, 7) is 9.49. The van der Waals surface area contributed by atoms with E-state index in [-0.39, 0.29) is 36.0 Å². The Morgan fingerprint density at radius 3 is 2.29 bits per heavy atom. The van der Waals surface area contributed by atoms with E-state index in [9.17, 15) is 34.2 Å². The van der Waals surface area contributed by atoms with Crippen molar-refractivity contribution >= 4 is 30.0 Å². The molecule has 0 bridgehead atoms. The summed E-state index contributed by atoms with van der Waals surface area (Å²) in [5.74, 6) is -2.35. The molecule has 1 aromatic rings. The molecular weight excluding hydrogens is 743 g/mol. The van der Waals surface area contributed by atoms with Crippen LogP contribution in [0.5, 0.6) is 0 Å². The van der Waals surface area contributed by atoms with Gasteiger partial charge in [-0.2, -0.15) is 0 Å². The van der Waals surface area contributed by atoms with E-state index in [2.05, 4.69) is 16.1 Å². The van der Waals surface area contributed by atoms with Crippen LogP contribution in [0.25, 0.3) is 0 Å². The van der Waals surface area contributed by atoms with E-state index in [1.165, 1.54) is 25.2 Å². The topological polar surface area (TPSA) is 187 Å². The van der Waals surface area contributed by atoms with Crippen molar-refractivity contribution in [2.24, 2.45) is 17.8 Å². The Labute approximate surface area is 344 Å². The Morgan fingerprint density at radius 1 is 1.02 bits per heavy atom. The molecule has 0 aliphatic carbocycles. The van der Waals surface area contributed by atoms with E-state index in [4.69, 9.17) is 9.57 Å². The number of hydrogen-bond acceptors (Lipinski definition) is 11. The lowest BCUT2D eigenvalue weighted by Gasteiger charge is -2.36. The first-order chi connectivity index (χ1) is 27.6. The summed E-state index contributed by atoms with van der Waals surface area (Å²) < 4.78 is 6.05. The van der Waals surface area contributed by atoms with Crippen LogP contribution in [-0.4, -0.2) is 114 Å². The number of nitrogens with one attached hydrogen (secondary N) is 3. The zero-order chi connectivity index (χ0) is 43.2. The molecule has 0 saturated carbocycles. The van der Waals surface area contributed by atoms with E-state index < -0.39 is 48.3 Å². The van der Waals surface area contributed by atoms with Gasteiger partial charge in [0, 0.05) is 38.4 Å². The van der Waals surface area contributed by atoms with Crippen molar-refractivity contribution in [2.45, 2.75) is 116 Å². The summed E-state index contributed by atoms with van der Waals surface area (Å²) >= 11 is 0. The molecule has 14 nitrogen and oxygen atoms in total. The minimum atomic E-state index is -0.887. The van der Waals surface area contributed by atoms with Gasteiger partial charge >= 0.3 is 5.97 Å². The molecule has 14 heteroatoms. The number of amides is 3. The smallest absolute Gasteiger partial charge is 0.325 e. The Balaban J connectivity index is 2.21. The van der Waals surface area contributed by atoms with Gasteiger partial charge in [-0.25, -0.2) is 10.5 Å². The number of carbonyl (C=O) groups excluding carboxylic acids is 5. The Hall–Kier alpha value is -4.47. The van der Waals surface area contributed by atoms with E-state index >= 15 is 0 Å². The number of hydrogen-bond donors (Lipinski definition) is 5. The van der Waals surface area contributed by atoms with Crippen molar-refractivity contribution in [1.29, 1.82) is 0 Å². The lowest BCUT2D eigenvalue weighted by atomic mass is 9.87. The van der Waals surface area contributed by atoms with Crippen molar-refractivity contribution < 1.29 is 43.8 Å². The second-order valence-electron chi connectivity index (χ2n) is 15.3. The first kappa shape index (κ1) is 49.7. The molecule has 1 aliphatic heterocycles. The number of nitrogens with zero attached hydrogens (tertiary/aromatic N) is 2. The molecule has 322 valence electrons. The minimum Gasteiger partial charge on any atom is -0.456 e. The van der Waals surface area contributed by atoms with Gasteiger partial charge in [-0.1, -0.05) is 87.6 Å². The van der Waals surface area contributed by atoms with Gasteiger partial charge in [0.1, 0.15) is 24.5 Å². The van der Waals surface area contributed by atoms with Crippen molar-refractivity contribution in [3.05, 3.63) is 84.0 Å². The number of likely N-dealkylation sites (N-methyl/N-ethyl adjacent to an activating group) is 2. The highest BCUT2D eigenvalue weighted by Gasteiger charge is 2.35. The molecule has 6 unspecified atom stereocenters. The predicted octanol–water partition coefficient (Wildman–Crippen LogP) is 3.75. The summed E-state index contributed by atoms with van der Waals surface area (Å²) in [6.07, 6.45) is 13.4. The minimum absolute atomic E-state index is 0.0128. The number of benzene rings is 1. The molecule has 1 aliphatic rings. The van der Waals surface area contributed by atoms with E-state index in [0.29, 0.717) is 50.6 Å². The largest absolute Gasteiger partial charge is 0.456 e. The van der Waals surface area contributed by atoms with Gasteiger partial charge in [-0.15, -0.1) is 0 Å². The maximum absolute atomic E-state index is 14.0. The Bertz CT molecular complexity index is 1560. The molecule has 0 aromatic heterocycles. The zero-order valence-electron chi connectivity index (χ0n) is 35.5. The fraction of sp³-hybridized carbons (Fsp3) is 0.568. The summed E-state index contributed by atoms with van der Waals surface area (Å²) in [6, 6.07) is 7.20. The molecule has 1 saturated heterocycles. The van der Waals surface area contributed by atoms with Gasteiger partial charge in [0.15, 0.2) is 0 Å². The summed E-state index contributed by atoms with van der Waals surface area (Å²) in [4.78, 5) is 69.8. The molecule has 0 radical (unpaired) electrons. The normalized spacial score (nSPS) is 18.8. The molecule has 2 rings (SSSR count). The first-order valence-electron chi connectivity index (χ1n) is 20.2. The maximum Gasteiger partial charge on any atom is 0.325 e. The monoisotopic (exact) mass is 809 g/mol. The van der Waals surface area contributed by atoms with Crippen LogP contribution in [0.4, 0.5) is 0 Å². The Kier molecular flexibility index (Phi) is 22.7. The van der Waals surface area contributed by atoms with Crippen LogP contribution < -0.4 is 16.1 Å². The van der Waals surface area contributed by atoms with Crippen LogP contribution in [0.2, 0.25) is 0 Å². The summed E-state index contributed by atoms with van der Waals surface area (Å²) in [5.41, 5.74) is 4.61. The number of esters is 1. The van der Waals surface area contributed by atoms with Crippen LogP contribution in [-0.2, 0) is 40.0 Å². The number of carbonyl (C=O) groups is 5. The molecule has 58 heavy (non-hydrogen) atoms. The fourth-order valence-electron chi connectivity index (χ4n) is 6.48. The number of allylic oxidation sites excluding steroid dienone is 5. The van der Waals surface area contributed by atoms with Crippen LogP contribution in [0.3, 0.4) is 0 Å². The van der Waals surface area contributed by atoms with E-state index in [1.807, 2.05) is 75.4 Å². The standard InChI is InChI=1S/C44H67N5O9/c1-30(2)40(45-6)42(54)46-37(28-34-20-13-11-14-21-34)43(55)49-27-17-22-36(47-49)44(56)58-38(31(3)19-16-24-39(52)48(7)57-8)23-15-10-9-12-18-32(4)41(53)35(29-50)26-25-33(5)51/h9-16,19-21,24,29-30,32-33,35-38,40-41,45,47,51,53H,17-18,22-23,25-28H2,1-8H3,(H,46,54)/b12-9+,15-10+,24-16+,31-19+/t32?,33?,35-,36?,37?,38-,40?,41?/m0/s1. The van der Waals surface area contributed by atoms with Crippen molar-refractivity contribution in [2.75, 3.05) is 27.7 Å². The third-order valence-electron chi connectivity index (χ3n) is 10.2. The van der Waals surface area contributed by atoms with Crippen molar-refractivity contribution in [1.82, 2.24) is 26.1 Å². The van der Waals surface area contributed by atoms with E-state index in [0.717, 1.165) is 16.9 Å². The SMILES string of the molecule is CNC(C(=O)NC(Cc1ccccc1)C(=O)N1CCCC(C(=O)O[C@@H](C/C=C/C=C/CC(C)C(O)[C@H](C=O)CCC(C)O)/C(C)=C/C=C/C(=O)N(C)OC)N1)C(C)C. The number of aliphatic hydroxyl groups excluding tert-OH is 2. The summed E-state index contributed by atoms with van der Waals surface area (Å²) in [7, 11) is 4.57. The highest BCUT2D eigenvalue weighted by Crippen LogP contribution is 2.21. The lowest BCUT2D eigenvalue weighted by Crippen LogP contribution is -2.61. The highest BCUT2D eigenvalue weighted by atomic mass is 16.7. The average molecular weight is 810 g/mol. The summed E-state index contributed by atoms with van der Waals surface area (Å²) in [5, 5.41) is 28.7. The van der Waals surface area contributed by atoms with Gasteiger partial charge in [-0.05, 0) is 76.0 Å². The van der Waals surface area contributed by atoms with Crippen molar-refractivity contribution in [3.8, 4) is 0 Å². The number of rotatable bonds is 24. The second kappa shape index (κ2) is 26.5. The molecule has 3 amide bonds. The third-order valence-corrected chi connectivity index (χ3v) is 10.2. The number of ether oxygens (including phenoxy) is 1. The van der Waals surface area contributed by atoms with E-state index in [1.54, 1.807) is 33.0 Å². The van der Waals surface area contributed by atoms with Gasteiger partial charge in [0.25, 0.3) is 11.8 Å². The molecule has 1 heterocycles. The molecule has 0 spiro atoms. The van der Waals surface area contributed by atoms with Crippen LogP contribution in [0.1, 0.15) is 78.7 Å².